The van der Waals surface area contributed by atoms with Crippen molar-refractivity contribution in [2.75, 3.05) is 36.8 Å². The van der Waals surface area contributed by atoms with Gasteiger partial charge in [-0.3, -0.25) is 9.59 Å². The van der Waals surface area contributed by atoms with Crippen LogP contribution in [0.3, 0.4) is 0 Å². The maximum Gasteiger partial charge on any atom is 0.233 e. The number of hydrogen-bond acceptors (Lipinski definition) is 6. The predicted octanol–water partition coefficient (Wildman–Crippen LogP) is 4.42. The Kier molecular flexibility index (Phi) is 8.01. The first kappa shape index (κ1) is 25.3. The third-order valence-corrected chi connectivity index (χ3v) is 8.68. The van der Waals surface area contributed by atoms with E-state index in [1.807, 2.05) is 11.0 Å². The van der Waals surface area contributed by atoms with Gasteiger partial charge in [0.05, 0.1) is 5.75 Å². The summed E-state index contributed by atoms with van der Waals surface area (Å²) in [4.78, 5) is 41.2. The third-order valence-electron chi connectivity index (χ3n) is 7.66. The Balaban J connectivity index is 1.18. The second kappa shape index (κ2) is 11.4. The minimum absolute atomic E-state index is 0.0862. The maximum absolute atomic E-state index is 13.1. The summed E-state index contributed by atoms with van der Waals surface area (Å²) in [5.74, 6) is 1.63. The zero-order chi connectivity index (χ0) is 25.1. The second-order valence-corrected chi connectivity index (χ2v) is 11.4. The zero-order valence-electron chi connectivity index (χ0n) is 20.9. The second-order valence-electron chi connectivity index (χ2n) is 10.1. The van der Waals surface area contributed by atoms with Gasteiger partial charge in [-0.05, 0) is 37.3 Å². The fraction of sp³-hybridized carbons (Fsp3) is 0.556. The molecular formula is C27H34ClN5O2S. The molecule has 0 N–H and O–H groups in total. The van der Waals surface area contributed by atoms with Crippen molar-refractivity contribution >= 4 is 41.0 Å². The number of aromatic nitrogens is 2. The molecule has 9 heteroatoms. The lowest BCUT2D eigenvalue weighted by atomic mass is 9.88. The van der Waals surface area contributed by atoms with Crippen LogP contribution < -0.4 is 4.90 Å². The van der Waals surface area contributed by atoms with E-state index in [-0.39, 0.29) is 23.6 Å². The lowest BCUT2D eigenvalue weighted by Gasteiger charge is -2.42. The first-order valence-corrected chi connectivity index (χ1v) is 14.4. The number of anilines is 1. The van der Waals surface area contributed by atoms with Crippen molar-refractivity contribution < 1.29 is 9.59 Å². The Bertz CT molecular complexity index is 1110. The number of hydrogen-bond donors (Lipinski definition) is 0. The first-order valence-electron chi connectivity index (χ1n) is 13.1. The standard InChI is InChI=1S/C27H34ClN5O2S/c1-19-16-31(13-14-33(19)26(35)21-8-3-2-4-9-21)24-15-23(28)29-27(30-24)36-18-25(34)32-12-11-20-7-5-6-10-22(20)17-32/h5-7,10,15,19,21H,2-4,8-9,11-14,16-18H2,1H3. The molecule has 1 aromatic heterocycles. The van der Waals surface area contributed by atoms with Crippen LogP contribution in [0.4, 0.5) is 5.82 Å². The Hall–Kier alpha value is -2.32. The largest absolute Gasteiger partial charge is 0.353 e. The third kappa shape index (κ3) is 5.80. The number of halogens is 1. The topological polar surface area (TPSA) is 69.6 Å². The van der Waals surface area contributed by atoms with Gasteiger partial charge in [-0.1, -0.05) is 66.9 Å². The number of carbonyl (C=O) groups excluding carboxylic acids is 2. The number of fused-ring (bicyclic) bond motifs is 1. The van der Waals surface area contributed by atoms with E-state index in [2.05, 4.69) is 39.9 Å². The highest BCUT2D eigenvalue weighted by molar-refractivity contribution is 7.99. The molecule has 2 aliphatic heterocycles. The molecular weight excluding hydrogens is 494 g/mol. The molecule has 0 bridgehead atoms. The zero-order valence-corrected chi connectivity index (χ0v) is 22.4. The Morgan fingerprint density at radius 3 is 2.61 bits per heavy atom. The summed E-state index contributed by atoms with van der Waals surface area (Å²) in [6, 6.07) is 10.2. The monoisotopic (exact) mass is 527 g/mol. The van der Waals surface area contributed by atoms with Gasteiger partial charge < -0.3 is 14.7 Å². The van der Waals surface area contributed by atoms with Gasteiger partial charge in [-0.2, -0.15) is 0 Å². The molecule has 0 spiro atoms. The van der Waals surface area contributed by atoms with Crippen molar-refractivity contribution in [1.29, 1.82) is 0 Å². The summed E-state index contributed by atoms with van der Waals surface area (Å²) in [6.45, 7) is 5.61. The van der Waals surface area contributed by atoms with Crippen LogP contribution in [-0.4, -0.2) is 69.6 Å². The highest BCUT2D eigenvalue weighted by atomic mass is 35.5. The molecule has 2 fully saturated rings. The van der Waals surface area contributed by atoms with Crippen LogP contribution in [0.1, 0.15) is 50.2 Å². The molecule has 1 aliphatic carbocycles. The predicted molar refractivity (Wildman–Crippen MR) is 143 cm³/mol. The van der Waals surface area contributed by atoms with Crippen LogP contribution in [-0.2, 0) is 22.6 Å². The maximum atomic E-state index is 13.1. The number of rotatable bonds is 5. The Morgan fingerprint density at radius 2 is 1.83 bits per heavy atom. The number of benzene rings is 1. The number of amides is 2. The van der Waals surface area contributed by atoms with Crippen molar-refractivity contribution in [3.05, 3.63) is 46.6 Å². The summed E-state index contributed by atoms with van der Waals surface area (Å²) < 4.78 is 0. The Morgan fingerprint density at radius 1 is 1.06 bits per heavy atom. The SMILES string of the molecule is CC1CN(c2cc(Cl)nc(SCC(=O)N3CCc4ccccc4C3)n2)CCN1C(=O)C1CCCCC1. The summed E-state index contributed by atoms with van der Waals surface area (Å²) >= 11 is 7.69. The molecule has 1 atom stereocenters. The lowest BCUT2D eigenvalue weighted by Crippen LogP contribution is -2.55. The average Bonchev–Trinajstić information content (AvgIpc) is 2.91. The minimum atomic E-state index is 0.0862. The number of nitrogens with zero attached hydrogens (tertiary/aromatic N) is 5. The number of carbonyl (C=O) groups is 2. The van der Waals surface area contributed by atoms with E-state index in [4.69, 9.17) is 16.6 Å². The van der Waals surface area contributed by atoms with E-state index in [0.717, 1.165) is 44.5 Å². The molecule has 7 nitrogen and oxygen atoms in total. The highest BCUT2D eigenvalue weighted by Gasteiger charge is 2.33. The van der Waals surface area contributed by atoms with E-state index in [1.54, 1.807) is 6.07 Å². The van der Waals surface area contributed by atoms with E-state index in [0.29, 0.717) is 42.4 Å². The van der Waals surface area contributed by atoms with Crippen molar-refractivity contribution in [2.24, 2.45) is 5.92 Å². The van der Waals surface area contributed by atoms with Gasteiger partial charge in [-0.25, -0.2) is 9.97 Å². The van der Waals surface area contributed by atoms with Crippen LogP contribution in [0.5, 0.6) is 0 Å². The molecule has 1 unspecified atom stereocenters. The average molecular weight is 528 g/mol. The van der Waals surface area contributed by atoms with E-state index >= 15 is 0 Å². The van der Waals surface area contributed by atoms with Gasteiger partial charge >= 0.3 is 0 Å². The van der Waals surface area contributed by atoms with Crippen molar-refractivity contribution in [2.45, 2.75) is 63.2 Å². The summed E-state index contributed by atoms with van der Waals surface area (Å²) in [7, 11) is 0. The van der Waals surface area contributed by atoms with E-state index in [9.17, 15) is 9.59 Å². The fourth-order valence-corrected chi connectivity index (χ4v) is 6.60. The molecule has 2 amide bonds. The molecule has 1 aromatic carbocycles. The molecule has 192 valence electrons. The smallest absolute Gasteiger partial charge is 0.233 e. The quantitative estimate of drug-likeness (QED) is 0.325. The van der Waals surface area contributed by atoms with Crippen LogP contribution in [0.15, 0.2) is 35.5 Å². The van der Waals surface area contributed by atoms with Crippen LogP contribution in [0.25, 0.3) is 0 Å². The first-order chi connectivity index (χ1) is 17.5. The molecule has 0 radical (unpaired) electrons. The van der Waals surface area contributed by atoms with E-state index < -0.39 is 0 Å². The molecule has 36 heavy (non-hydrogen) atoms. The van der Waals surface area contributed by atoms with Gasteiger partial charge in [0.2, 0.25) is 11.8 Å². The summed E-state index contributed by atoms with van der Waals surface area (Å²) in [5, 5.41) is 0.881. The molecule has 2 aromatic rings. The van der Waals surface area contributed by atoms with Crippen LogP contribution >= 0.6 is 23.4 Å². The van der Waals surface area contributed by atoms with Crippen LogP contribution in [0.2, 0.25) is 5.15 Å². The van der Waals surface area contributed by atoms with Gasteiger partial charge in [0.1, 0.15) is 11.0 Å². The van der Waals surface area contributed by atoms with Crippen LogP contribution in [0, 0.1) is 5.92 Å². The van der Waals surface area contributed by atoms with Gasteiger partial charge in [-0.15, -0.1) is 0 Å². The van der Waals surface area contributed by atoms with Gasteiger partial charge in [0.25, 0.3) is 0 Å². The minimum Gasteiger partial charge on any atom is -0.353 e. The van der Waals surface area contributed by atoms with Crippen molar-refractivity contribution in [3.8, 4) is 0 Å². The molecule has 1 saturated carbocycles. The normalized spacial score (nSPS) is 20.8. The Labute approximate surface area is 222 Å². The van der Waals surface area contributed by atoms with Gasteiger partial charge in [0.15, 0.2) is 5.16 Å². The van der Waals surface area contributed by atoms with Crippen molar-refractivity contribution in [3.63, 3.8) is 0 Å². The van der Waals surface area contributed by atoms with Crippen molar-refractivity contribution in [1.82, 2.24) is 19.8 Å². The summed E-state index contributed by atoms with van der Waals surface area (Å²) in [5.41, 5.74) is 2.55. The number of piperazine rings is 1. The fourth-order valence-electron chi connectivity index (χ4n) is 5.62. The summed E-state index contributed by atoms with van der Waals surface area (Å²) in [6.07, 6.45) is 6.51. The molecule has 3 aliphatic rings. The molecule has 3 heterocycles. The van der Waals surface area contributed by atoms with E-state index in [1.165, 1.54) is 29.3 Å². The highest BCUT2D eigenvalue weighted by Crippen LogP contribution is 2.29. The molecule has 1 saturated heterocycles. The molecule has 5 rings (SSSR count). The lowest BCUT2D eigenvalue weighted by molar-refractivity contribution is -0.139. The van der Waals surface area contributed by atoms with Gasteiger partial charge in [0, 0.05) is 50.7 Å². The number of thioether (sulfide) groups is 1.